The van der Waals surface area contributed by atoms with Gasteiger partial charge in [-0.25, -0.2) is 0 Å². The lowest BCUT2D eigenvalue weighted by atomic mass is 10.1. The molecule has 0 aliphatic carbocycles. The molecule has 0 fully saturated rings. The molecule has 0 atom stereocenters. The smallest absolute Gasteiger partial charge is 0.310 e. The first-order valence-corrected chi connectivity index (χ1v) is 6.25. The van der Waals surface area contributed by atoms with Crippen molar-refractivity contribution in [3.63, 3.8) is 0 Å². The summed E-state index contributed by atoms with van der Waals surface area (Å²) in [6.07, 6.45) is 0.889. The zero-order valence-electron chi connectivity index (χ0n) is 8.63. The molecule has 0 spiro atoms. The predicted octanol–water partition coefficient (Wildman–Crippen LogP) is 3.13. The van der Waals surface area contributed by atoms with Crippen LogP contribution >= 0.6 is 31.9 Å². The second-order valence-electron chi connectivity index (χ2n) is 3.08. The summed E-state index contributed by atoms with van der Waals surface area (Å²) in [4.78, 5) is 22.0. The Kier molecular flexibility index (Phi) is 5.15. The van der Waals surface area contributed by atoms with E-state index in [9.17, 15) is 9.59 Å². The maximum Gasteiger partial charge on any atom is 0.310 e. The van der Waals surface area contributed by atoms with Gasteiger partial charge in [0.2, 0.25) is 0 Å². The summed E-state index contributed by atoms with van der Waals surface area (Å²) in [5.74, 6) is -0.307. The summed E-state index contributed by atoms with van der Waals surface area (Å²) < 4.78 is 6.37. The number of carbonyl (C=O) groups is 2. The van der Waals surface area contributed by atoms with Crippen LogP contribution in [0.4, 0.5) is 0 Å². The average molecular weight is 350 g/mol. The van der Waals surface area contributed by atoms with E-state index < -0.39 is 0 Å². The molecule has 0 radical (unpaired) electrons. The first-order valence-electron chi connectivity index (χ1n) is 4.67. The van der Waals surface area contributed by atoms with E-state index in [2.05, 4.69) is 31.9 Å². The van der Waals surface area contributed by atoms with E-state index in [-0.39, 0.29) is 12.4 Å². The molecule has 0 aromatic heterocycles. The van der Waals surface area contributed by atoms with Gasteiger partial charge >= 0.3 is 5.97 Å². The maximum absolute atomic E-state index is 11.3. The van der Waals surface area contributed by atoms with Crippen molar-refractivity contribution in [2.45, 2.75) is 13.3 Å². The second-order valence-corrected chi connectivity index (χ2v) is 4.72. The van der Waals surface area contributed by atoms with Crippen LogP contribution < -0.4 is 0 Å². The monoisotopic (exact) mass is 348 g/mol. The van der Waals surface area contributed by atoms with Crippen LogP contribution in [-0.2, 0) is 16.0 Å². The molecule has 0 saturated carbocycles. The van der Waals surface area contributed by atoms with Gasteiger partial charge in [0.25, 0.3) is 0 Å². The van der Waals surface area contributed by atoms with Crippen LogP contribution in [0.1, 0.15) is 22.8 Å². The van der Waals surface area contributed by atoms with Crippen LogP contribution in [0, 0.1) is 0 Å². The maximum atomic E-state index is 11.3. The predicted molar refractivity (Wildman–Crippen MR) is 67.6 cm³/mol. The third-order valence-electron chi connectivity index (χ3n) is 1.90. The number of ether oxygens (including phenoxy) is 1. The van der Waals surface area contributed by atoms with Gasteiger partial charge in [-0.2, -0.15) is 0 Å². The molecule has 5 heteroatoms. The average Bonchev–Trinajstić information content (AvgIpc) is 2.24. The number of carbonyl (C=O) groups excluding carboxylic acids is 2. The zero-order chi connectivity index (χ0) is 12.1. The fourth-order valence-corrected chi connectivity index (χ4v) is 2.12. The molecule has 0 aliphatic rings. The van der Waals surface area contributed by atoms with E-state index in [1.54, 1.807) is 19.1 Å². The van der Waals surface area contributed by atoms with Gasteiger partial charge in [0.1, 0.15) is 6.29 Å². The molecule has 0 amide bonds. The molecule has 16 heavy (non-hydrogen) atoms. The molecule has 3 nitrogen and oxygen atoms in total. The number of halogens is 2. The highest BCUT2D eigenvalue weighted by atomic mass is 79.9. The Bertz CT molecular complexity index is 416. The van der Waals surface area contributed by atoms with Gasteiger partial charge in [0, 0.05) is 14.5 Å². The van der Waals surface area contributed by atoms with E-state index in [0.717, 1.165) is 20.8 Å². The minimum Gasteiger partial charge on any atom is -0.466 e. The molecular formula is C11H10Br2O3. The summed E-state index contributed by atoms with van der Waals surface area (Å²) in [6, 6.07) is 3.35. The Morgan fingerprint density at radius 3 is 2.69 bits per heavy atom. The van der Waals surface area contributed by atoms with Gasteiger partial charge in [0.05, 0.1) is 13.0 Å². The van der Waals surface area contributed by atoms with Crippen molar-refractivity contribution in [2.75, 3.05) is 6.61 Å². The zero-order valence-corrected chi connectivity index (χ0v) is 11.8. The molecule has 0 saturated heterocycles. The van der Waals surface area contributed by atoms with E-state index in [0.29, 0.717) is 12.2 Å². The molecule has 0 heterocycles. The quantitative estimate of drug-likeness (QED) is 0.619. The number of benzene rings is 1. The third kappa shape index (κ3) is 3.42. The Hall–Kier alpha value is -0.680. The number of hydrogen-bond donors (Lipinski definition) is 0. The van der Waals surface area contributed by atoms with Crippen molar-refractivity contribution in [2.24, 2.45) is 0 Å². The SMILES string of the molecule is CCOC(=O)Cc1cc(C=O)cc(Br)c1Br. The Morgan fingerprint density at radius 1 is 1.44 bits per heavy atom. The van der Waals surface area contributed by atoms with Crippen molar-refractivity contribution in [3.05, 3.63) is 32.2 Å². The van der Waals surface area contributed by atoms with Crippen molar-refractivity contribution in [3.8, 4) is 0 Å². The Balaban J connectivity index is 2.98. The number of aldehydes is 1. The molecular weight excluding hydrogens is 340 g/mol. The van der Waals surface area contributed by atoms with Crippen molar-refractivity contribution >= 4 is 44.1 Å². The molecule has 0 aliphatic heterocycles. The molecule has 0 bridgehead atoms. The molecule has 0 N–H and O–H groups in total. The van der Waals surface area contributed by atoms with Crippen molar-refractivity contribution in [1.29, 1.82) is 0 Å². The fourth-order valence-electron chi connectivity index (χ4n) is 1.23. The summed E-state index contributed by atoms with van der Waals surface area (Å²) in [7, 11) is 0. The highest BCUT2D eigenvalue weighted by molar-refractivity contribution is 9.13. The van der Waals surface area contributed by atoms with E-state index in [4.69, 9.17) is 4.74 Å². The summed E-state index contributed by atoms with van der Waals surface area (Å²) >= 11 is 6.66. The van der Waals surface area contributed by atoms with Gasteiger partial charge < -0.3 is 4.74 Å². The number of rotatable bonds is 4. The van der Waals surface area contributed by atoms with Crippen LogP contribution in [-0.4, -0.2) is 18.9 Å². The largest absolute Gasteiger partial charge is 0.466 e. The minimum absolute atomic E-state index is 0.148. The van der Waals surface area contributed by atoms with Crippen molar-refractivity contribution in [1.82, 2.24) is 0 Å². The highest BCUT2D eigenvalue weighted by Crippen LogP contribution is 2.28. The second kappa shape index (κ2) is 6.15. The first kappa shape index (κ1) is 13.4. The van der Waals surface area contributed by atoms with Crippen LogP contribution in [0.3, 0.4) is 0 Å². The van der Waals surface area contributed by atoms with Gasteiger partial charge in [-0.15, -0.1) is 0 Å². The molecule has 1 aromatic rings. The molecule has 0 unspecified atom stereocenters. The summed E-state index contributed by atoms with van der Waals surface area (Å²) in [5.41, 5.74) is 1.25. The van der Waals surface area contributed by atoms with E-state index in [1.807, 2.05) is 0 Å². The number of hydrogen-bond acceptors (Lipinski definition) is 3. The van der Waals surface area contributed by atoms with E-state index in [1.165, 1.54) is 0 Å². The molecule has 86 valence electrons. The van der Waals surface area contributed by atoms with Crippen LogP contribution in [0.5, 0.6) is 0 Å². The van der Waals surface area contributed by atoms with Gasteiger partial charge in [-0.3, -0.25) is 9.59 Å². The first-order chi connectivity index (χ1) is 7.58. The molecule has 1 aromatic carbocycles. The Labute approximate surface area is 110 Å². The minimum atomic E-state index is -0.307. The van der Waals surface area contributed by atoms with Gasteiger partial charge in [0.15, 0.2) is 0 Å². The lowest BCUT2D eigenvalue weighted by Crippen LogP contribution is -2.08. The van der Waals surface area contributed by atoms with Crippen LogP contribution in [0.2, 0.25) is 0 Å². The van der Waals surface area contributed by atoms with Gasteiger partial charge in [-0.1, -0.05) is 0 Å². The standard InChI is InChI=1S/C11H10Br2O3/c1-2-16-10(15)5-8-3-7(6-14)4-9(12)11(8)13/h3-4,6H,2,5H2,1H3. The third-order valence-corrected chi connectivity index (χ3v) is 4.00. The van der Waals surface area contributed by atoms with Crippen molar-refractivity contribution < 1.29 is 14.3 Å². The summed E-state index contributed by atoms with van der Waals surface area (Å²) in [5, 5.41) is 0. The fraction of sp³-hybridized carbons (Fsp3) is 0.273. The summed E-state index contributed by atoms with van der Waals surface area (Å²) in [6.45, 7) is 2.11. The normalized spacial score (nSPS) is 9.94. The van der Waals surface area contributed by atoms with Crippen LogP contribution in [0.25, 0.3) is 0 Å². The van der Waals surface area contributed by atoms with E-state index >= 15 is 0 Å². The lowest BCUT2D eigenvalue weighted by molar-refractivity contribution is -0.142. The van der Waals surface area contributed by atoms with Gasteiger partial charge in [-0.05, 0) is 56.5 Å². The molecule has 1 rings (SSSR count). The highest BCUT2D eigenvalue weighted by Gasteiger charge is 2.11. The lowest BCUT2D eigenvalue weighted by Gasteiger charge is -2.07. The van der Waals surface area contributed by atoms with Crippen LogP contribution in [0.15, 0.2) is 21.1 Å². The number of esters is 1. The Morgan fingerprint density at radius 2 is 2.12 bits per heavy atom. The topological polar surface area (TPSA) is 43.4 Å².